The number of nitrogens with one attached hydrogen (secondary N) is 1. The fourth-order valence-electron chi connectivity index (χ4n) is 1.21. The van der Waals surface area contributed by atoms with E-state index in [1.54, 1.807) is 24.3 Å². The van der Waals surface area contributed by atoms with Crippen LogP contribution in [0.2, 0.25) is 5.02 Å². The maximum atomic E-state index is 11.6. The van der Waals surface area contributed by atoms with E-state index in [-0.39, 0.29) is 12.5 Å². The summed E-state index contributed by atoms with van der Waals surface area (Å²) in [5, 5.41) is 11.9. The molecule has 0 saturated carbocycles. The maximum absolute atomic E-state index is 11.6. The molecular weight excluding hydrogens is 274 g/mol. The third kappa shape index (κ3) is 3.41. The average molecular weight is 284 g/mol. The highest BCUT2D eigenvalue weighted by atomic mass is 35.5. The van der Waals surface area contributed by atoms with Crippen molar-refractivity contribution in [3.8, 4) is 5.75 Å². The fraction of sp³-hybridized carbons (Fsp3) is 0.182. The molecule has 94 valence electrons. The Kier molecular flexibility index (Phi) is 4.11. The molecule has 7 heteroatoms. The number of aryl methyl sites for hydroxylation is 1. The lowest BCUT2D eigenvalue weighted by molar-refractivity contribution is -0.118. The Morgan fingerprint density at radius 2 is 2.22 bits per heavy atom. The SMILES string of the molecule is Cc1nnc(NC(=O)COc2ccccc2Cl)s1. The third-order valence-corrected chi connectivity index (χ3v) is 3.03. The predicted molar refractivity (Wildman–Crippen MR) is 70.2 cm³/mol. The molecule has 0 unspecified atom stereocenters. The van der Waals surface area contributed by atoms with E-state index in [1.165, 1.54) is 11.3 Å². The zero-order valence-corrected chi connectivity index (χ0v) is 11.1. The van der Waals surface area contributed by atoms with Crippen LogP contribution in [0.3, 0.4) is 0 Å². The highest BCUT2D eigenvalue weighted by Gasteiger charge is 2.08. The number of aromatic nitrogens is 2. The maximum Gasteiger partial charge on any atom is 0.264 e. The van der Waals surface area contributed by atoms with Crippen molar-refractivity contribution < 1.29 is 9.53 Å². The summed E-state index contributed by atoms with van der Waals surface area (Å²) >= 11 is 7.20. The minimum atomic E-state index is -0.300. The zero-order valence-electron chi connectivity index (χ0n) is 9.51. The zero-order chi connectivity index (χ0) is 13.0. The van der Waals surface area contributed by atoms with E-state index in [9.17, 15) is 4.79 Å². The van der Waals surface area contributed by atoms with Gasteiger partial charge < -0.3 is 4.74 Å². The van der Waals surface area contributed by atoms with E-state index in [1.807, 2.05) is 6.92 Å². The van der Waals surface area contributed by atoms with Crippen molar-refractivity contribution in [3.05, 3.63) is 34.3 Å². The average Bonchev–Trinajstić information content (AvgIpc) is 2.74. The number of hydrogen-bond acceptors (Lipinski definition) is 5. The van der Waals surface area contributed by atoms with Crippen molar-refractivity contribution in [2.75, 3.05) is 11.9 Å². The number of para-hydroxylation sites is 1. The van der Waals surface area contributed by atoms with Gasteiger partial charge in [-0.15, -0.1) is 10.2 Å². The van der Waals surface area contributed by atoms with Gasteiger partial charge in [-0.2, -0.15) is 0 Å². The summed E-state index contributed by atoms with van der Waals surface area (Å²) in [4.78, 5) is 11.6. The summed E-state index contributed by atoms with van der Waals surface area (Å²) in [6, 6.07) is 6.97. The van der Waals surface area contributed by atoms with Crippen LogP contribution in [0.25, 0.3) is 0 Å². The van der Waals surface area contributed by atoms with E-state index < -0.39 is 0 Å². The molecule has 0 atom stereocenters. The first-order valence-electron chi connectivity index (χ1n) is 5.12. The van der Waals surface area contributed by atoms with Crippen molar-refractivity contribution in [1.29, 1.82) is 0 Å². The first-order valence-corrected chi connectivity index (χ1v) is 6.32. The molecule has 0 fully saturated rings. The second kappa shape index (κ2) is 5.79. The number of nitrogens with zero attached hydrogens (tertiary/aromatic N) is 2. The van der Waals surface area contributed by atoms with Gasteiger partial charge in [-0.05, 0) is 19.1 Å². The lowest BCUT2D eigenvalue weighted by Gasteiger charge is -2.06. The molecule has 1 heterocycles. The number of carbonyl (C=O) groups excluding carboxylic acids is 1. The van der Waals surface area contributed by atoms with Gasteiger partial charge in [0.1, 0.15) is 10.8 Å². The molecule has 0 saturated heterocycles. The largest absolute Gasteiger partial charge is 0.482 e. The molecule has 2 rings (SSSR count). The molecule has 1 N–H and O–H groups in total. The molecule has 1 aromatic carbocycles. The summed E-state index contributed by atoms with van der Waals surface area (Å²) < 4.78 is 5.29. The molecule has 2 aromatic rings. The van der Waals surface area contributed by atoms with Crippen LogP contribution in [-0.4, -0.2) is 22.7 Å². The summed E-state index contributed by atoms with van der Waals surface area (Å²) in [6.45, 7) is 1.69. The normalized spacial score (nSPS) is 10.1. The van der Waals surface area contributed by atoms with Crippen LogP contribution in [0.15, 0.2) is 24.3 Å². The van der Waals surface area contributed by atoms with Crippen molar-refractivity contribution in [2.24, 2.45) is 0 Å². The monoisotopic (exact) mass is 283 g/mol. The first kappa shape index (κ1) is 12.8. The summed E-state index contributed by atoms with van der Waals surface area (Å²) in [7, 11) is 0. The van der Waals surface area contributed by atoms with E-state index in [4.69, 9.17) is 16.3 Å². The van der Waals surface area contributed by atoms with Crippen LogP contribution in [-0.2, 0) is 4.79 Å². The molecule has 0 aliphatic heterocycles. The highest BCUT2D eigenvalue weighted by Crippen LogP contribution is 2.23. The molecule has 5 nitrogen and oxygen atoms in total. The number of amides is 1. The van der Waals surface area contributed by atoms with Crippen molar-refractivity contribution in [1.82, 2.24) is 10.2 Å². The quantitative estimate of drug-likeness (QED) is 0.936. The minimum absolute atomic E-state index is 0.123. The van der Waals surface area contributed by atoms with Crippen LogP contribution >= 0.6 is 22.9 Å². The van der Waals surface area contributed by atoms with Crippen LogP contribution < -0.4 is 10.1 Å². The Morgan fingerprint density at radius 3 is 2.89 bits per heavy atom. The van der Waals surface area contributed by atoms with E-state index >= 15 is 0 Å². The predicted octanol–water partition coefficient (Wildman–Crippen LogP) is 2.52. The molecule has 0 aliphatic carbocycles. The van der Waals surface area contributed by atoms with Crippen LogP contribution in [0.1, 0.15) is 5.01 Å². The van der Waals surface area contributed by atoms with Crippen LogP contribution in [0, 0.1) is 6.92 Å². The smallest absolute Gasteiger partial charge is 0.264 e. The number of carbonyl (C=O) groups is 1. The Morgan fingerprint density at radius 1 is 1.44 bits per heavy atom. The van der Waals surface area contributed by atoms with E-state index in [0.717, 1.165) is 5.01 Å². The number of halogens is 1. The van der Waals surface area contributed by atoms with Gasteiger partial charge in [-0.25, -0.2) is 0 Å². The second-order valence-electron chi connectivity index (χ2n) is 3.39. The highest BCUT2D eigenvalue weighted by molar-refractivity contribution is 7.15. The standard InChI is InChI=1S/C11H10ClN3O2S/c1-7-14-15-11(18-7)13-10(16)6-17-9-5-3-2-4-8(9)12/h2-5H,6H2,1H3,(H,13,15,16). The van der Waals surface area contributed by atoms with Crippen molar-refractivity contribution in [3.63, 3.8) is 0 Å². The summed E-state index contributed by atoms with van der Waals surface area (Å²) in [6.07, 6.45) is 0. The van der Waals surface area contributed by atoms with Crippen molar-refractivity contribution in [2.45, 2.75) is 6.92 Å². The fourth-order valence-corrected chi connectivity index (χ4v) is 2.01. The van der Waals surface area contributed by atoms with Gasteiger partial charge in [0, 0.05) is 0 Å². The molecule has 1 aromatic heterocycles. The number of ether oxygens (including phenoxy) is 1. The van der Waals surface area contributed by atoms with Crippen molar-refractivity contribution >= 4 is 34.0 Å². The lowest BCUT2D eigenvalue weighted by Crippen LogP contribution is -2.20. The number of benzene rings is 1. The van der Waals surface area contributed by atoms with Gasteiger partial charge in [0.25, 0.3) is 5.91 Å². The topological polar surface area (TPSA) is 64.1 Å². The second-order valence-corrected chi connectivity index (χ2v) is 4.98. The van der Waals surface area contributed by atoms with Gasteiger partial charge in [0.15, 0.2) is 6.61 Å². The molecule has 0 bridgehead atoms. The number of hydrogen-bond donors (Lipinski definition) is 1. The van der Waals surface area contributed by atoms with Crippen LogP contribution in [0.5, 0.6) is 5.75 Å². The molecule has 1 amide bonds. The van der Waals surface area contributed by atoms with Crippen LogP contribution in [0.4, 0.5) is 5.13 Å². The Labute approximate surface area is 113 Å². The molecule has 0 aliphatic rings. The summed E-state index contributed by atoms with van der Waals surface area (Å²) in [5.74, 6) is 0.175. The van der Waals surface area contributed by atoms with E-state index in [2.05, 4.69) is 15.5 Å². The Bertz CT molecular complexity index is 559. The molecule has 0 radical (unpaired) electrons. The molecule has 0 spiro atoms. The first-order chi connectivity index (χ1) is 8.65. The summed E-state index contributed by atoms with van der Waals surface area (Å²) in [5.41, 5.74) is 0. The number of rotatable bonds is 4. The minimum Gasteiger partial charge on any atom is -0.482 e. The van der Waals surface area contributed by atoms with Gasteiger partial charge in [-0.3, -0.25) is 10.1 Å². The lowest BCUT2D eigenvalue weighted by atomic mass is 10.3. The van der Waals surface area contributed by atoms with Gasteiger partial charge in [0.05, 0.1) is 5.02 Å². The van der Waals surface area contributed by atoms with Gasteiger partial charge in [-0.1, -0.05) is 35.1 Å². The third-order valence-electron chi connectivity index (χ3n) is 1.97. The molecular formula is C11H10ClN3O2S. The molecule has 18 heavy (non-hydrogen) atoms. The van der Waals surface area contributed by atoms with E-state index in [0.29, 0.717) is 15.9 Å². The Balaban J connectivity index is 1.87. The number of anilines is 1. The van der Waals surface area contributed by atoms with Gasteiger partial charge in [0.2, 0.25) is 5.13 Å². The Hall–Kier alpha value is -1.66. The van der Waals surface area contributed by atoms with Gasteiger partial charge >= 0.3 is 0 Å².